The van der Waals surface area contributed by atoms with Gasteiger partial charge in [0.05, 0.1) is 0 Å². The van der Waals surface area contributed by atoms with Crippen molar-refractivity contribution in [2.75, 3.05) is 6.54 Å². The van der Waals surface area contributed by atoms with Crippen molar-refractivity contribution in [1.29, 1.82) is 0 Å². The third-order valence-corrected chi connectivity index (χ3v) is 2.84. The molecule has 1 aromatic rings. The monoisotopic (exact) mass is 190 g/mol. The van der Waals surface area contributed by atoms with Crippen LogP contribution in [-0.4, -0.2) is 17.6 Å². The molecule has 1 N–H and O–H groups in total. The molecule has 0 amide bonds. The molecule has 76 valence electrons. The second kappa shape index (κ2) is 5.11. The molecule has 2 nitrogen and oxygen atoms in total. The molecule has 0 bridgehead atoms. The molecule has 0 aliphatic carbocycles. The van der Waals surface area contributed by atoms with Crippen molar-refractivity contribution in [3.8, 4) is 0 Å². The number of hydrogen-bond acceptors (Lipinski definition) is 2. The van der Waals surface area contributed by atoms with E-state index in [2.05, 4.69) is 22.4 Å². The lowest BCUT2D eigenvalue weighted by molar-refractivity contribution is 0.503. The first-order chi connectivity index (χ1) is 6.95. The predicted molar refractivity (Wildman–Crippen MR) is 58.2 cm³/mol. The molecule has 0 saturated carbocycles. The molecule has 0 radical (unpaired) electrons. The van der Waals surface area contributed by atoms with Crippen molar-refractivity contribution in [3.63, 3.8) is 0 Å². The maximum Gasteiger partial charge on any atom is 0.0419 e. The van der Waals surface area contributed by atoms with Crippen molar-refractivity contribution < 1.29 is 0 Å². The van der Waals surface area contributed by atoms with Crippen molar-refractivity contribution in [2.24, 2.45) is 0 Å². The first kappa shape index (κ1) is 9.66. The fourth-order valence-electron chi connectivity index (χ4n) is 2.05. The molecular weight excluding hydrogens is 172 g/mol. The fraction of sp³-hybridized carbons (Fsp3) is 0.583. The van der Waals surface area contributed by atoms with Gasteiger partial charge in [-0.05, 0) is 31.5 Å². The Morgan fingerprint density at radius 1 is 1.29 bits per heavy atom. The summed E-state index contributed by atoms with van der Waals surface area (Å²) in [6.07, 6.45) is 8.35. The van der Waals surface area contributed by atoms with Crippen molar-refractivity contribution in [2.45, 2.75) is 38.1 Å². The summed E-state index contributed by atoms with van der Waals surface area (Å²) in [6.45, 7) is 1.18. The highest BCUT2D eigenvalue weighted by Gasteiger charge is 2.11. The highest BCUT2D eigenvalue weighted by Crippen LogP contribution is 2.11. The third kappa shape index (κ3) is 2.81. The topological polar surface area (TPSA) is 24.9 Å². The molecule has 2 heteroatoms. The van der Waals surface area contributed by atoms with Crippen LogP contribution in [0.25, 0.3) is 0 Å². The molecule has 1 fully saturated rings. The van der Waals surface area contributed by atoms with Gasteiger partial charge in [-0.15, -0.1) is 0 Å². The van der Waals surface area contributed by atoms with E-state index in [-0.39, 0.29) is 0 Å². The predicted octanol–water partition coefficient (Wildman–Crippen LogP) is 2.16. The first-order valence-electron chi connectivity index (χ1n) is 5.58. The minimum atomic E-state index is 0.646. The number of nitrogens with one attached hydrogen (secondary N) is 1. The average Bonchev–Trinajstić information content (AvgIpc) is 2.48. The van der Waals surface area contributed by atoms with E-state index in [1.165, 1.54) is 37.9 Å². The molecular formula is C12H18N2. The van der Waals surface area contributed by atoms with Crippen LogP contribution in [0, 0.1) is 0 Å². The lowest BCUT2D eigenvalue weighted by atomic mass is 10.1. The Balaban J connectivity index is 1.90. The van der Waals surface area contributed by atoms with E-state index in [0.717, 1.165) is 6.42 Å². The largest absolute Gasteiger partial charge is 0.314 e. The van der Waals surface area contributed by atoms with E-state index >= 15 is 0 Å². The van der Waals surface area contributed by atoms with Gasteiger partial charge in [0.15, 0.2) is 0 Å². The normalized spacial score (nSPS) is 23.0. The van der Waals surface area contributed by atoms with E-state index < -0.39 is 0 Å². The van der Waals surface area contributed by atoms with Gasteiger partial charge in [0.25, 0.3) is 0 Å². The summed E-state index contributed by atoms with van der Waals surface area (Å²) < 4.78 is 0. The van der Waals surface area contributed by atoms with Crippen LogP contribution in [0.3, 0.4) is 0 Å². The van der Waals surface area contributed by atoms with Gasteiger partial charge in [0, 0.05) is 24.4 Å². The number of nitrogens with zero attached hydrogens (tertiary/aromatic N) is 1. The van der Waals surface area contributed by atoms with Crippen LogP contribution < -0.4 is 5.32 Å². The highest BCUT2D eigenvalue weighted by atomic mass is 14.9. The van der Waals surface area contributed by atoms with Gasteiger partial charge in [-0.3, -0.25) is 4.98 Å². The molecule has 0 aromatic carbocycles. The van der Waals surface area contributed by atoms with E-state index in [1.54, 1.807) is 0 Å². The quantitative estimate of drug-likeness (QED) is 0.773. The second-order valence-corrected chi connectivity index (χ2v) is 4.03. The number of hydrogen-bond donors (Lipinski definition) is 1. The third-order valence-electron chi connectivity index (χ3n) is 2.84. The van der Waals surface area contributed by atoms with Gasteiger partial charge in [0.2, 0.25) is 0 Å². The maximum atomic E-state index is 4.36. The molecule has 0 unspecified atom stereocenters. The molecule has 2 heterocycles. The summed E-state index contributed by atoms with van der Waals surface area (Å²) in [6, 6.07) is 6.81. The number of rotatable bonds is 2. The standard InChI is InChI=1S/C12H18N2/c1-2-6-11(13-8-4-1)10-12-7-3-5-9-14-12/h3,5,7,9,11,13H,1-2,4,6,8,10H2/t11-/m0/s1. The molecule has 1 atom stereocenters. The summed E-state index contributed by atoms with van der Waals surface area (Å²) in [5, 5.41) is 3.59. The Bertz CT molecular complexity index is 250. The van der Waals surface area contributed by atoms with Crippen molar-refractivity contribution in [1.82, 2.24) is 10.3 Å². The van der Waals surface area contributed by atoms with Gasteiger partial charge < -0.3 is 5.32 Å². The fourth-order valence-corrected chi connectivity index (χ4v) is 2.05. The Labute approximate surface area is 85.7 Å². The van der Waals surface area contributed by atoms with Crippen LogP contribution in [0.2, 0.25) is 0 Å². The van der Waals surface area contributed by atoms with Gasteiger partial charge in [-0.1, -0.05) is 18.9 Å². The van der Waals surface area contributed by atoms with Crippen LogP contribution >= 0.6 is 0 Å². The van der Waals surface area contributed by atoms with Crippen molar-refractivity contribution >= 4 is 0 Å². The summed E-state index contributed by atoms with van der Waals surface area (Å²) in [4.78, 5) is 4.36. The van der Waals surface area contributed by atoms with Crippen LogP contribution in [-0.2, 0) is 6.42 Å². The molecule has 1 aliphatic rings. The Kier molecular flexibility index (Phi) is 3.52. The van der Waals surface area contributed by atoms with Gasteiger partial charge in [0.1, 0.15) is 0 Å². The van der Waals surface area contributed by atoms with Crippen molar-refractivity contribution in [3.05, 3.63) is 30.1 Å². The van der Waals surface area contributed by atoms with Gasteiger partial charge in [-0.2, -0.15) is 0 Å². The van der Waals surface area contributed by atoms with Crippen LogP contribution in [0.15, 0.2) is 24.4 Å². The zero-order chi connectivity index (χ0) is 9.64. The molecule has 1 aliphatic heterocycles. The maximum absolute atomic E-state index is 4.36. The number of aromatic nitrogens is 1. The lowest BCUT2D eigenvalue weighted by Crippen LogP contribution is -2.30. The molecule has 2 rings (SSSR count). The molecule has 14 heavy (non-hydrogen) atoms. The van der Waals surface area contributed by atoms with Crippen LogP contribution in [0.4, 0.5) is 0 Å². The van der Waals surface area contributed by atoms with Crippen LogP contribution in [0.1, 0.15) is 31.4 Å². The zero-order valence-electron chi connectivity index (χ0n) is 8.58. The molecule has 1 saturated heterocycles. The highest BCUT2D eigenvalue weighted by molar-refractivity contribution is 5.05. The summed E-state index contributed by atoms with van der Waals surface area (Å²) in [5.41, 5.74) is 1.21. The first-order valence-corrected chi connectivity index (χ1v) is 5.58. The van der Waals surface area contributed by atoms with E-state index in [1.807, 2.05) is 12.3 Å². The zero-order valence-corrected chi connectivity index (χ0v) is 8.58. The van der Waals surface area contributed by atoms with Gasteiger partial charge >= 0.3 is 0 Å². The van der Waals surface area contributed by atoms with Gasteiger partial charge in [-0.25, -0.2) is 0 Å². The summed E-state index contributed by atoms with van der Waals surface area (Å²) in [7, 11) is 0. The Morgan fingerprint density at radius 2 is 2.29 bits per heavy atom. The van der Waals surface area contributed by atoms with Crippen LogP contribution in [0.5, 0.6) is 0 Å². The minimum absolute atomic E-state index is 0.646. The lowest BCUT2D eigenvalue weighted by Gasteiger charge is -2.14. The molecule has 1 aromatic heterocycles. The second-order valence-electron chi connectivity index (χ2n) is 4.03. The minimum Gasteiger partial charge on any atom is -0.314 e. The Morgan fingerprint density at radius 3 is 3.14 bits per heavy atom. The van der Waals surface area contributed by atoms with E-state index in [9.17, 15) is 0 Å². The van der Waals surface area contributed by atoms with E-state index in [4.69, 9.17) is 0 Å². The average molecular weight is 190 g/mol. The van der Waals surface area contributed by atoms with E-state index in [0.29, 0.717) is 6.04 Å². The SMILES string of the molecule is c1ccc(C[C@@H]2CCCCCN2)nc1. The smallest absolute Gasteiger partial charge is 0.0419 e. The summed E-state index contributed by atoms with van der Waals surface area (Å²) in [5.74, 6) is 0. The number of pyridine rings is 1. The Hall–Kier alpha value is -0.890. The summed E-state index contributed by atoms with van der Waals surface area (Å²) >= 11 is 0. The molecule has 0 spiro atoms.